The topological polar surface area (TPSA) is 3.24 Å². The number of fused-ring (bicyclic) bond motifs is 1. The van der Waals surface area contributed by atoms with E-state index in [0.717, 1.165) is 6.54 Å². The fourth-order valence-electron chi connectivity index (χ4n) is 3.37. The molecule has 15 heavy (non-hydrogen) atoms. The van der Waals surface area contributed by atoms with E-state index in [4.69, 9.17) is 0 Å². The van der Waals surface area contributed by atoms with E-state index >= 15 is 0 Å². The molecule has 1 heterocycles. The number of rotatable bonds is 2. The number of alkyl halides is 2. The van der Waals surface area contributed by atoms with E-state index in [0.29, 0.717) is 19.0 Å². The van der Waals surface area contributed by atoms with Crippen LogP contribution in [0.1, 0.15) is 34.1 Å². The molecule has 2 rings (SSSR count). The van der Waals surface area contributed by atoms with Gasteiger partial charge in [-0.25, -0.2) is 8.78 Å². The maximum atomic E-state index is 13.8. The van der Waals surface area contributed by atoms with Crippen molar-refractivity contribution >= 4 is 0 Å². The number of hydrogen-bond donors (Lipinski definition) is 0. The lowest BCUT2D eigenvalue weighted by Gasteiger charge is -2.34. The third-order valence-electron chi connectivity index (χ3n) is 4.59. The van der Waals surface area contributed by atoms with Gasteiger partial charge in [0.05, 0.1) is 0 Å². The predicted octanol–water partition coefficient (Wildman–Crippen LogP) is 3.01. The van der Waals surface area contributed by atoms with Gasteiger partial charge in [0, 0.05) is 23.9 Å². The van der Waals surface area contributed by atoms with Gasteiger partial charge in [-0.05, 0) is 32.7 Å². The first-order valence-corrected chi connectivity index (χ1v) is 5.96. The van der Waals surface area contributed by atoms with Crippen molar-refractivity contribution in [2.24, 2.45) is 17.3 Å². The van der Waals surface area contributed by atoms with Crippen LogP contribution in [-0.4, -0.2) is 30.0 Å². The molecule has 3 heteroatoms. The fourth-order valence-corrected chi connectivity index (χ4v) is 3.37. The zero-order chi connectivity index (χ0) is 11.4. The van der Waals surface area contributed by atoms with Crippen LogP contribution in [0.25, 0.3) is 0 Å². The first-order valence-electron chi connectivity index (χ1n) is 5.96. The van der Waals surface area contributed by atoms with Crippen LogP contribution in [0.5, 0.6) is 0 Å². The summed E-state index contributed by atoms with van der Waals surface area (Å²) in [4.78, 5) is 2.19. The van der Waals surface area contributed by atoms with Crippen LogP contribution in [0.4, 0.5) is 8.78 Å². The summed E-state index contributed by atoms with van der Waals surface area (Å²) in [5.41, 5.74) is -0.668. The summed E-state index contributed by atoms with van der Waals surface area (Å²) in [6.07, 6.45) is 0.667. The van der Waals surface area contributed by atoms with Gasteiger partial charge in [0.15, 0.2) is 0 Å². The van der Waals surface area contributed by atoms with Gasteiger partial charge in [-0.15, -0.1) is 0 Å². The molecule has 1 saturated heterocycles. The monoisotopic (exact) mass is 217 g/mol. The number of nitrogens with zero attached hydrogens (tertiary/aromatic N) is 1. The highest BCUT2D eigenvalue weighted by Gasteiger charge is 2.81. The van der Waals surface area contributed by atoms with Crippen LogP contribution < -0.4 is 0 Å². The molecule has 0 aromatic heterocycles. The second kappa shape index (κ2) is 3.16. The zero-order valence-electron chi connectivity index (χ0n) is 10.1. The Kier molecular flexibility index (Phi) is 2.38. The van der Waals surface area contributed by atoms with E-state index in [1.165, 1.54) is 0 Å². The molecule has 0 aromatic carbocycles. The molecular formula is C12H21F2N. The van der Waals surface area contributed by atoms with Crippen molar-refractivity contribution in [1.29, 1.82) is 0 Å². The third-order valence-corrected chi connectivity index (χ3v) is 4.59. The van der Waals surface area contributed by atoms with Gasteiger partial charge < -0.3 is 4.90 Å². The summed E-state index contributed by atoms with van der Waals surface area (Å²) in [5, 5.41) is 0. The van der Waals surface area contributed by atoms with Crippen molar-refractivity contribution in [2.45, 2.75) is 46.1 Å². The lowest BCUT2D eigenvalue weighted by Crippen LogP contribution is -2.40. The molecule has 88 valence electrons. The second-order valence-electron chi connectivity index (χ2n) is 5.71. The van der Waals surface area contributed by atoms with Crippen molar-refractivity contribution in [2.75, 3.05) is 13.1 Å². The lowest BCUT2D eigenvalue weighted by molar-refractivity contribution is 0.0388. The van der Waals surface area contributed by atoms with Crippen LogP contribution in [0.3, 0.4) is 0 Å². The summed E-state index contributed by atoms with van der Waals surface area (Å²) in [7, 11) is 0. The first kappa shape index (κ1) is 11.3. The fraction of sp³-hybridized carbons (Fsp3) is 1.00. The van der Waals surface area contributed by atoms with Crippen LogP contribution in [0, 0.1) is 17.3 Å². The van der Waals surface area contributed by atoms with Gasteiger partial charge in [0.1, 0.15) is 0 Å². The molecule has 2 unspecified atom stereocenters. The number of piperidine rings is 1. The average molecular weight is 217 g/mol. The predicted molar refractivity (Wildman–Crippen MR) is 57.0 cm³/mol. The SMILES string of the molecule is CC(C)N1CCC2(C(C)C)C(C1)C2(F)F. The number of halogens is 2. The quantitative estimate of drug-likeness (QED) is 0.687. The second-order valence-corrected chi connectivity index (χ2v) is 5.71. The third kappa shape index (κ3) is 1.28. The normalized spacial score (nSPS) is 39.6. The molecule has 0 amide bonds. The van der Waals surface area contributed by atoms with Gasteiger partial charge in [0.2, 0.25) is 0 Å². The zero-order valence-corrected chi connectivity index (χ0v) is 10.1. The smallest absolute Gasteiger partial charge is 0.259 e. The summed E-state index contributed by atoms with van der Waals surface area (Å²) in [5.74, 6) is -2.70. The molecule has 0 spiro atoms. The Morgan fingerprint density at radius 2 is 1.80 bits per heavy atom. The lowest BCUT2D eigenvalue weighted by atomic mass is 9.83. The average Bonchev–Trinajstić information content (AvgIpc) is 2.65. The maximum absolute atomic E-state index is 13.8. The number of likely N-dealkylation sites (tertiary alicyclic amines) is 1. The molecule has 2 atom stereocenters. The summed E-state index contributed by atoms with van der Waals surface area (Å²) in [6.45, 7) is 9.48. The highest BCUT2D eigenvalue weighted by atomic mass is 19.3. The molecule has 1 saturated carbocycles. The van der Waals surface area contributed by atoms with Gasteiger partial charge in [-0.2, -0.15) is 0 Å². The van der Waals surface area contributed by atoms with Gasteiger partial charge in [0.25, 0.3) is 5.92 Å². The van der Waals surface area contributed by atoms with Crippen LogP contribution >= 0.6 is 0 Å². The maximum Gasteiger partial charge on any atom is 0.259 e. The highest BCUT2D eigenvalue weighted by molar-refractivity contribution is 5.22. The number of hydrogen-bond acceptors (Lipinski definition) is 1. The standard InChI is InChI=1S/C12H21F2N/c1-8(2)11-5-6-15(9(3)4)7-10(11)12(11,13)14/h8-10H,5-7H2,1-4H3. The Bertz CT molecular complexity index is 262. The Labute approximate surface area is 90.8 Å². The summed E-state index contributed by atoms with van der Waals surface area (Å²) >= 11 is 0. The van der Waals surface area contributed by atoms with Crippen molar-refractivity contribution in [1.82, 2.24) is 4.90 Å². The molecule has 1 nitrogen and oxygen atoms in total. The van der Waals surface area contributed by atoms with E-state index in [2.05, 4.69) is 18.7 Å². The summed E-state index contributed by atoms with van der Waals surface area (Å²) in [6, 6.07) is 0.395. The minimum atomic E-state index is -2.41. The van der Waals surface area contributed by atoms with Crippen LogP contribution in [-0.2, 0) is 0 Å². The molecule has 0 bridgehead atoms. The van der Waals surface area contributed by atoms with E-state index in [-0.39, 0.29) is 11.8 Å². The molecule has 1 aliphatic carbocycles. The molecular weight excluding hydrogens is 196 g/mol. The Morgan fingerprint density at radius 1 is 1.20 bits per heavy atom. The van der Waals surface area contributed by atoms with Crippen molar-refractivity contribution < 1.29 is 8.78 Å². The van der Waals surface area contributed by atoms with E-state index in [9.17, 15) is 8.78 Å². The van der Waals surface area contributed by atoms with E-state index in [1.54, 1.807) is 0 Å². The Morgan fingerprint density at radius 3 is 2.20 bits per heavy atom. The van der Waals surface area contributed by atoms with Gasteiger partial charge >= 0.3 is 0 Å². The molecule has 0 radical (unpaired) electrons. The van der Waals surface area contributed by atoms with Crippen molar-refractivity contribution in [3.8, 4) is 0 Å². The Balaban J connectivity index is 2.14. The minimum absolute atomic E-state index is 0.104. The van der Waals surface area contributed by atoms with Gasteiger partial charge in [-0.1, -0.05) is 13.8 Å². The molecule has 0 N–H and O–H groups in total. The molecule has 2 fully saturated rings. The highest BCUT2D eigenvalue weighted by Crippen LogP contribution is 2.73. The Hall–Kier alpha value is -0.180. The minimum Gasteiger partial charge on any atom is -0.300 e. The van der Waals surface area contributed by atoms with E-state index in [1.807, 2.05) is 13.8 Å². The van der Waals surface area contributed by atoms with Crippen LogP contribution in [0.15, 0.2) is 0 Å². The van der Waals surface area contributed by atoms with Gasteiger partial charge in [-0.3, -0.25) is 0 Å². The van der Waals surface area contributed by atoms with Crippen molar-refractivity contribution in [3.05, 3.63) is 0 Å². The largest absolute Gasteiger partial charge is 0.300 e. The molecule has 2 aliphatic rings. The van der Waals surface area contributed by atoms with Crippen LogP contribution in [0.2, 0.25) is 0 Å². The van der Waals surface area contributed by atoms with E-state index < -0.39 is 11.3 Å². The molecule has 1 aliphatic heterocycles. The molecule has 0 aromatic rings. The summed E-state index contributed by atoms with van der Waals surface area (Å²) < 4.78 is 27.6. The van der Waals surface area contributed by atoms with Crippen molar-refractivity contribution in [3.63, 3.8) is 0 Å². The first-order chi connectivity index (χ1) is 6.84.